The van der Waals surface area contributed by atoms with Crippen LogP contribution in [0, 0.1) is 0 Å². The van der Waals surface area contributed by atoms with Crippen molar-refractivity contribution in [2.45, 2.75) is 6.42 Å². The fraction of sp³-hybridized carbons (Fsp3) is 0.0345. The lowest BCUT2D eigenvalue weighted by Crippen LogP contribution is -2.34. The van der Waals surface area contributed by atoms with Gasteiger partial charge in [-0.05, 0) is 90.5 Å². The summed E-state index contributed by atoms with van der Waals surface area (Å²) >= 11 is 10.5. The Bertz CT molecular complexity index is 1280. The van der Waals surface area contributed by atoms with Crippen LogP contribution < -0.4 is 21.3 Å². The number of anilines is 2. The average molecular weight is 525 g/mol. The van der Waals surface area contributed by atoms with E-state index in [0.717, 1.165) is 28.9 Å². The number of hydrogen-bond acceptors (Lipinski definition) is 4. The molecule has 0 aliphatic heterocycles. The number of benzene rings is 4. The molecule has 0 radical (unpaired) electrons. The zero-order chi connectivity index (χ0) is 26.0. The Morgan fingerprint density at radius 1 is 0.514 bits per heavy atom. The van der Waals surface area contributed by atoms with Crippen LogP contribution in [0.4, 0.5) is 11.4 Å². The molecular formula is C29H24N4O2S2. The quantitative estimate of drug-likeness (QED) is 0.248. The first kappa shape index (κ1) is 25.7. The molecule has 0 aliphatic carbocycles. The molecule has 0 atom stereocenters. The molecule has 0 spiro atoms. The van der Waals surface area contributed by atoms with Crippen molar-refractivity contribution in [3.63, 3.8) is 0 Å². The molecule has 4 aromatic carbocycles. The Morgan fingerprint density at radius 2 is 0.865 bits per heavy atom. The molecule has 0 bridgehead atoms. The largest absolute Gasteiger partial charge is 0.332 e. The summed E-state index contributed by atoms with van der Waals surface area (Å²) in [5.74, 6) is -0.515. The second-order valence-corrected chi connectivity index (χ2v) is 8.94. The average Bonchev–Trinajstić information content (AvgIpc) is 2.92. The van der Waals surface area contributed by atoms with Gasteiger partial charge in [0.15, 0.2) is 10.2 Å². The topological polar surface area (TPSA) is 82.3 Å². The van der Waals surface area contributed by atoms with Gasteiger partial charge in [0, 0.05) is 22.5 Å². The van der Waals surface area contributed by atoms with Crippen LogP contribution in [0.15, 0.2) is 109 Å². The summed E-state index contributed by atoms with van der Waals surface area (Å²) < 4.78 is 0. The number of carbonyl (C=O) groups is 2. The Labute approximate surface area is 226 Å². The fourth-order valence-electron chi connectivity index (χ4n) is 3.50. The second-order valence-electron chi connectivity index (χ2n) is 8.12. The van der Waals surface area contributed by atoms with Gasteiger partial charge in [-0.3, -0.25) is 20.2 Å². The third-order valence-electron chi connectivity index (χ3n) is 5.36. The monoisotopic (exact) mass is 524 g/mol. The van der Waals surface area contributed by atoms with Crippen molar-refractivity contribution in [3.05, 3.63) is 131 Å². The number of hydrogen-bond donors (Lipinski definition) is 4. The number of thiocarbonyl (C=S) groups is 2. The molecule has 0 heterocycles. The molecule has 4 aromatic rings. The van der Waals surface area contributed by atoms with Crippen molar-refractivity contribution in [1.82, 2.24) is 10.6 Å². The standard InChI is InChI=1S/C29H24N4O2S2/c34-26(22-7-3-1-4-8-22)32-28(36)30-24-15-11-20(12-16-24)19-21-13-17-25(18-14-21)31-29(37)33-27(35)23-9-5-2-6-10-23/h1-18H,19H2,(H2,30,32,34,36)(H2,31,33,35,37). The van der Waals surface area contributed by atoms with Gasteiger partial charge in [-0.25, -0.2) is 0 Å². The van der Waals surface area contributed by atoms with Gasteiger partial charge in [-0.2, -0.15) is 0 Å². The van der Waals surface area contributed by atoms with Crippen molar-refractivity contribution in [2.24, 2.45) is 0 Å². The van der Waals surface area contributed by atoms with Crippen molar-refractivity contribution in [1.29, 1.82) is 0 Å². The minimum absolute atomic E-state index is 0.238. The Kier molecular flexibility index (Phi) is 8.70. The molecular weight excluding hydrogens is 500 g/mol. The molecule has 6 nitrogen and oxygen atoms in total. The molecule has 0 unspecified atom stereocenters. The predicted octanol–water partition coefficient (Wildman–Crippen LogP) is 5.53. The maximum absolute atomic E-state index is 12.2. The molecule has 37 heavy (non-hydrogen) atoms. The van der Waals surface area contributed by atoms with Crippen molar-refractivity contribution in [2.75, 3.05) is 10.6 Å². The van der Waals surface area contributed by atoms with Gasteiger partial charge in [-0.15, -0.1) is 0 Å². The second kappa shape index (κ2) is 12.5. The first-order valence-corrected chi connectivity index (χ1v) is 12.3. The Hall–Kier alpha value is -4.40. The third-order valence-corrected chi connectivity index (χ3v) is 5.77. The number of nitrogens with one attached hydrogen (secondary N) is 4. The summed E-state index contributed by atoms with van der Waals surface area (Å²) in [5.41, 5.74) is 4.90. The molecule has 0 saturated heterocycles. The molecule has 4 N–H and O–H groups in total. The lowest BCUT2D eigenvalue weighted by molar-refractivity contribution is 0.0969. The predicted molar refractivity (Wildman–Crippen MR) is 156 cm³/mol. The first-order valence-electron chi connectivity index (χ1n) is 11.5. The lowest BCUT2D eigenvalue weighted by Gasteiger charge is -2.11. The SMILES string of the molecule is O=C(NC(=S)Nc1ccc(Cc2ccc(NC(=S)NC(=O)c3ccccc3)cc2)cc1)c1ccccc1. The summed E-state index contributed by atoms with van der Waals surface area (Å²) in [5, 5.41) is 11.9. The van der Waals surface area contributed by atoms with E-state index in [9.17, 15) is 9.59 Å². The highest BCUT2D eigenvalue weighted by molar-refractivity contribution is 7.80. The zero-order valence-corrected chi connectivity index (χ0v) is 21.4. The molecule has 0 aromatic heterocycles. The van der Waals surface area contributed by atoms with E-state index < -0.39 is 0 Å². The van der Waals surface area contributed by atoms with Gasteiger partial charge in [0.1, 0.15) is 0 Å². The van der Waals surface area contributed by atoms with Crippen LogP contribution >= 0.6 is 24.4 Å². The lowest BCUT2D eigenvalue weighted by atomic mass is 10.0. The molecule has 184 valence electrons. The maximum Gasteiger partial charge on any atom is 0.257 e. The van der Waals surface area contributed by atoms with Crippen LogP contribution in [0.3, 0.4) is 0 Å². The van der Waals surface area contributed by atoms with E-state index in [0.29, 0.717) is 11.1 Å². The molecule has 0 fully saturated rings. The van der Waals surface area contributed by atoms with Crippen LogP contribution in [0.1, 0.15) is 31.8 Å². The third kappa shape index (κ3) is 7.79. The van der Waals surface area contributed by atoms with Crippen LogP contribution in [0.2, 0.25) is 0 Å². The highest BCUT2D eigenvalue weighted by Gasteiger charge is 2.09. The Balaban J connectivity index is 1.25. The number of rotatable bonds is 6. The summed E-state index contributed by atoms with van der Waals surface area (Å²) in [6, 6.07) is 33.5. The van der Waals surface area contributed by atoms with E-state index in [-0.39, 0.29) is 22.0 Å². The normalized spacial score (nSPS) is 10.2. The molecule has 0 aliphatic rings. The van der Waals surface area contributed by atoms with Crippen LogP contribution in [0.25, 0.3) is 0 Å². The smallest absolute Gasteiger partial charge is 0.257 e. The van der Waals surface area contributed by atoms with Gasteiger partial charge in [0.05, 0.1) is 0 Å². The van der Waals surface area contributed by atoms with Gasteiger partial charge < -0.3 is 10.6 Å². The molecule has 4 rings (SSSR count). The molecule has 8 heteroatoms. The summed E-state index contributed by atoms with van der Waals surface area (Å²) in [6.07, 6.45) is 0.741. The minimum atomic E-state index is -0.257. The van der Waals surface area contributed by atoms with E-state index >= 15 is 0 Å². The minimum Gasteiger partial charge on any atom is -0.332 e. The first-order chi connectivity index (χ1) is 18.0. The highest BCUT2D eigenvalue weighted by Crippen LogP contribution is 2.16. The van der Waals surface area contributed by atoms with E-state index in [1.807, 2.05) is 60.7 Å². The van der Waals surface area contributed by atoms with Crippen molar-refractivity contribution in [3.8, 4) is 0 Å². The summed E-state index contributed by atoms with van der Waals surface area (Å²) in [6.45, 7) is 0. The number of carbonyl (C=O) groups excluding carboxylic acids is 2. The summed E-state index contributed by atoms with van der Waals surface area (Å²) in [7, 11) is 0. The van der Waals surface area contributed by atoms with Crippen molar-refractivity contribution >= 4 is 57.8 Å². The van der Waals surface area contributed by atoms with Gasteiger partial charge in [0.25, 0.3) is 11.8 Å². The maximum atomic E-state index is 12.2. The molecule has 2 amide bonds. The van der Waals surface area contributed by atoms with Gasteiger partial charge in [-0.1, -0.05) is 60.7 Å². The van der Waals surface area contributed by atoms with Crippen molar-refractivity contribution < 1.29 is 9.59 Å². The van der Waals surface area contributed by atoms with Gasteiger partial charge >= 0.3 is 0 Å². The molecule has 0 saturated carbocycles. The van der Waals surface area contributed by atoms with E-state index in [1.54, 1.807) is 48.5 Å². The summed E-state index contributed by atoms with van der Waals surface area (Å²) in [4.78, 5) is 24.4. The van der Waals surface area contributed by atoms with Crippen LogP contribution in [-0.2, 0) is 6.42 Å². The fourth-order valence-corrected chi connectivity index (χ4v) is 3.92. The van der Waals surface area contributed by atoms with Gasteiger partial charge in [0.2, 0.25) is 0 Å². The zero-order valence-electron chi connectivity index (χ0n) is 19.7. The van der Waals surface area contributed by atoms with Crippen LogP contribution in [0.5, 0.6) is 0 Å². The van der Waals surface area contributed by atoms with E-state index in [2.05, 4.69) is 21.3 Å². The van der Waals surface area contributed by atoms with E-state index in [1.165, 1.54) is 0 Å². The van der Waals surface area contributed by atoms with Crippen LogP contribution in [-0.4, -0.2) is 22.0 Å². The highest BCUT2D eigenvalue weighted by atomic mass is 32.1. The number of amides is 2. The van der Waals surface area contributed by atoms with E-state index in [4.69, 9.17) is 24.4 Å². The Morgan fingerprint density at radius 3 is 1.22 bits per heavy atom.